The molecule has 0 aliphatic heterocycles. The minimum Gasteiger partial charge on any atom is -0.384 e. The molecule has 1 aromatic carbocycles. The summed E-state index contributed by atoms with van der Waals surface area (Å²) in [4.78, 5) is 4.06. The van der Waals surface area contributed by atoms with Crippen molar-refractivity contribution in [3.8, 4) is 0 Å². The molecule has 3 nitrogen and oxygen atoms in total. The number of nitrogens with zero attached hydrogens (tertiary/aromatic N) is 2. The Morgan fingerprint density at radius 3 is 2.42 bits per heavy atom. The van der Waals surface area contributed by atoms with Crippen LogP contribution in [-0.2, 0) is 12.1 Å². The van der Waals surface area contributed by atoms with Gasteiger partial charge in [0, 0.05) is 20.5 Å². The van der Waals surface area contributed by atoms with E-state index in [-0.39, 0.29) is 0 Å². The first kappa shape index (κ1) is 14.0. The summed E-state index contributed by atoms with van der Waals surface area (Å²) in [6.45, 7) is 7.42. The van der Waals surface area contributed by atoms with Gasteiger partial charge in [-0.3, -0.25) is 0 Å². The maximum atomic E-state index is 11.2. The van der Waals surface area contributed by atoms with Gasteiger partial charge in [0.25, 0.3) is 0 Å². The van der Waals surface area contributed by atoms with Crippen LogP contribution in [0.4, 0.5) is 0 Å². The largest absolute Gasteiger partial charge is 0.384 e. The van der Waals surface area contributed by atoms with Crippen LogP contribution in [-0.4, -0.2) is 22.7 Å². The van der Waals surface area contributed by atoms with Crippen LogP contribution in [0, 0.1) is 0 Å². The fraction of sp³-hybridized carbons (Fsp3) is 0.400. The molecule has 1 aromatic heterocycles. The van der Waals surface area contributed by atoms with E-state index in [4.69, 9.17) is 0 Å². The third-order valence-corrected chi connectivity index (χ3v) is 4.78. The molecule has 4 heteroatoms. The molecule has 1 unspecified atom stereocenters. The van der Waals surface area contributed by atoms with Crippen molar-refractivity contribution in [2.24, 2.45) is 0 Å². The average molecular weight is 274 g/mol. The fourth-order valence-corrected chi connectivity index (χ4v) is 4.63. The van der Waals surface area contributed by atoms with Gasteiger partial charge in [-0.05, 0) is 11.6 Å². The average Bonchev–Trinajstić information content (AvgIpc) is 2.80. The summed E-state index contributed by atoms with van der Waals surface area (Å²) in [5, 5.41) is 11.2. The van der Waals surface area contributed by atoms with Gasteiger partial charge in [-0.2, -0.15) is 0 Å². The van der Waals surface area contributed by atoms with Gasteiger partial charge in [0.15, 0.2) is 0 Å². The first-order chi connectivity index (χ1) is 8.89. The monoisotopic (exact) mass is 274 g/mol. The molecule has 0 saturated heterocycles. The van der Waals surface area contributed by atoms with Gasteiger partial charge in [0.1, 0.15) is 5.60 Å². The van der Waals surface area contributed by atoms with Crippen molar-refractivity contribution in [2.45, 2.75) is 37.8 Å². The van der Waals surface area contributed by atoms with Crippen LogP contribution in [0.5, 0.6) is 0 Å². The van der Waals surface area contributed by atoms with Crippen LogP contribution in [0.1, 0.15) is 5.56 Å². The third kappa shape index (κ3) is 3.78. The highest BCUT2D eigenvalue weighted by Gasteiger charge is 2.35. The summed E-state index contributed by atoms with van der Waals surface area (Å²) in [5.41, 5.74) is 0.179. The Bertz CT molecular complexity index is 505. The molecular weight excluding hydrogens is 252 g/mol. The van der Waals surface area contributed by atoms with E-state index in [1.54, 1.807) is 12.5 Å². The molecule has 2 aromatic rings. The Hall–Kier alpha value is -1.39. The molecule has 19 heavy (non-hydrogen) atoms. The SMILES string of the molecule is C[Si](C)(C)CC(O)(Cn1ccnc1)c1ccccc1. The topological polar surface area (TPSA) is 38.0 Å². The summed E-state index contributed by atoms with van der Waals surface area (Å²) >= 11 is 0. The van der Waals surface area contributed by atoms with Gasteiger partial charge in [-0.1, -0.05) is 50.0 Å². The Kier molecular flexibility index (Phi) is 3.92. The summed E-state index contributed by atoms with van der Waals surface area (Å²) < 4.78 is 1.95. The Morgan fingerprint density at radius 2 is 1.89 bits per heavy atom. The van der Waals surface area contributed by atoms with Crippen LogP contribution in [0.2, 0.25) is 25.7 Å². The third-order valence-electron chi connectivity index (χ3n) is 3.14. The predicted octanol–water partition coefficient (Wildman–Crippen LogP) is 3.11. The second-order valence-corrected chi connectivity index (χ2v) is 11.8. The molecule has 1 N–H and O–H groups in total. The first-order valence-electron chi connectivity index (χ1n) is 6.63. The number of hydrogen-bond acceptors (Lipinski definition) is 2. The van der Waals surface area contributed by atoms with E-state index in [0.717, 1.165) is 11.6 Å². The van der Waals surface area contributed by atoms with Crippen LogP contribution in [0.25, 0.3) is 0 Å². The van der Waals surface area contributed by atoms with Crippen molar-refractivity contribution >= 4 is 8.07 Å². The molecule has 0 bridgehead atoms. The Balaban J connectivity index is 2.32. The molecule has 0 amide bonds. The standard InChI is InChI=1S/C15H22N2OSi/c1-19(2,3)12-15(18,11-17-10-9-16-13-17)14-7-5-4-6-8-14/h4-10,13,18H,11-12H2,1-3H3. The van der Waals surface area contributed by atoms with Gasteiger partial charge < -0.3 is 9.67 Å². The van der Waals surface area contributed by atoms with Gasteiger partial charge in [0.05, 0.1) is 12.9 Å². The molecule has 0 radical (unpaired) electrons. The maximum Gasteiger partial charge on any atom is 0.105 e. The molecule has 0 fully saturated rings. The summed E-state index contributed by atoms with van der Waals surface area (Å²) in [6, 6.07) is 10.8. The van der Waals surface area contributed by atoms with Crippen molar-refractivity contribution in [2.75, 3.05) is 0 Å². The lowest BCUT2D eigenvalue weighted by molar-refractivity contribution is 0.0369. The smallest absolute Gasteiger partial charge is 0.105 e. The van der Waals surface area contributed by atoms with Gasteiger partial charge in [0.2, 0.25) is 0 Å². The normalized spacial score (nSPS) is 15.2. The number of aromatic nitrogens is 2. The minimum absolute atomic E-state index is 0.557. The lowest BCUT2D eigenvalue weighted by Crippen LogP contribution is -2.39. The van der Waals surface area contributed by atoms with Gasteiger partial charge in [-0.15, -0.1) is 0 Å². The van der Waals surface area contributed by atoms with Crippen LogP contribution >= 0.6 is 0 Å². The van der Waals surface area contributed by atoms with Crippen LogP contribution in [0.15, 0.2) is 49.1 Å². The number of benzene rings is 1. The second-order valence-electron chi connectivity index (χ2n) is 6.37. The van der Waals surface area contributed by atoms with E-state index in [1.165, 1.54) is 0 Å². The quantitative estimate of drug-likeness (QED) is 0.851. The summed E-state index contributed by atoms with van der Waals surface area (Å²) in [5.74, 6) is 0. The highest BCUT2D eigenvalue weighted by atomic mass is 28.3. The molecule has 0 spiro atoms. The highest BCUT2D eigenvalue weighted by molar-refractivity contribution is 6.76. The van der Waals surface area contributed by atoms with E-state index < -0.39 is 13.7 Å². The van der Waals surface area contributed by atoms with Crippen molar-refractivity contribution in [3.63, 3.8) is 0 Å². The van der Waals surface area contributed by atoms with Crippen molar-refractivity contribution < 1.29 is 5.11 Å². The van der Waals surface area contributed by atoms with Crippen molar-refractivity contribution in [3.05, 3.63) is 54.6 Å². The molecule has 102 valence electrons. The van der Waals surface area contributed by atoms with Crippen molar-refractivity contribution in [1.82, 2.24) is 9.55 Å². The van der Waals surface area contributed by atoms with Gasteiger partial charge >= 0.3 is 0 Å². The van der Waals surface area contributed by atoms with E-state index in [1.807, 2.05) is 41.1 Å². The maximum absolute atomic E-state index is 11.2. The van der Waals surface area contributed by atoms with Crippen LogP contribution in [0.3, 0.4) is 0 Å². The lowest BCUT2D eigenvalue weighted by atomic mass is 9.95. The zero-order valence-electron chi connectivity index (χ0n) is 11.9. The van der Waals surface area contributed by atoms with E-state index >= 15 is 0 Å². The Morgan fingerprint density at radius 1 is 1.21 bits per heavy atom. The van der Waals surface area contributed by atoms with E-state index in [9.17, 15) is 5.11 Å². The fourth-order valence-electron chi connectivity index (χ4n) is 2.56. The molecule has 0 aliphatic carbocycles. The van der Waals surface area contributed by atoms with Crippen molar-refractivity contribution in [1.29, 1.82) is 0 Å². The summed E-state index contributed by atoms with van der Waals surface area (Å²) in [7, 11) is -1.39. The number of imidazole rings is 1. The highest BCUT2D eigenvalue weighted by Crippen LogP contribution is 2.32. The van der Waals surface area contributed by atoms with E-state index in [0.29, 0.717) is 6.54 Å². The Labute approximate surface area is 115 Å². The molecule has 1 heterocycles. The van der Waals surface area contributed by atoms with Gasteiger partial charge in [-0.25, -0.2) is 4.98 Å². The number of aliphatic hydroxyl groups is 1. The number of rotatable bonds is 5. The predicted molar refractivity (Wildman–Crippen MR) is 80.7 cm³/mol. The zero-order chi connectivity index (χ0) is 13.9. The first-order valence-corrected chi connectivity index (χ1v) is 10.3. The van der Waals surface area contributed by atoms with E-state index in [2.05, 4.69) is 24.6 Å². The molecule has 2 rings (SSSR count). The minimum atomic E-state index is -1.39. The molecule has 1 atom stereocenters. The summed E-state index contributed by atoms with van der Waals surface area (Å²) in [6.07, 6.45) is 5.41. The molecular formula is C15H22N2OSi. The lowest BCUT2D eigenvalue weighted by Gasteiger charge is -2.34. The molecule has 0 aliphatic rings. The molecule has 0 saturated carbocycles. The zero-order valence-corrected chi connectivity index (χ0v) is 12.9. The van der Waals surface area contributed by atoms with Crippen LogP contribution < -0.4 is 0 Å². The number of hydrogen-bond donors (Lipinski definition) is 1. The second kappa shape index (κ2) is 5.31.